The predicted octanol–water partition coefficient (Wildman–Crippen LogP) is 1.31. The second kappa shape index (κ2) is 5.78. The monoisotopic (exact) mass is 253 g/mol. The van der Waals surface area contributed by atoms with Gasteiger partial charge >= 0.3 is 0 Å². The molecule has 0 spiro atoms. The van der Waals surface area contributed by atoms with Crippen LogP contribution in [-0.2, 0) is 6.54 Å². The molecule has 1 saturated heterocycles. The molecule has 2 atom stereocenters. The van der Waals surface area contributed by atoms with Crippen LogP contribution in [0.5, 0.6) is 0 Å². The van der Waals surface area contributed by atoms with Gasteiger partial charge in [0.2, 0.25) is 0 Å². The Labute approximate surface area is 107 Å². The summed E-state index contributed by atoms with van der Waals surface area (Å²) < 4.78 is 13.3. The lowest BCUT2D eigenvalue weighted by atomic mass is 9.94. The van der Waals surface area contributed by atoms with Crippen molar-refractivity contribution in [3.05, 3.63) is 35.1 Å². The molecule has 0 unspecified atom stereocenters. The maximum Gasteiger partial charge on any atom is 0.123 e. The zero-order valence-corrected chi connectivity index (χ0v) is 10.6. The van der Waals surface area contributed by atoms with E-state index >= 15 is 0 Å². The minimum Gasteiger partial charge on any atom is -0.396 e. The highest BCUT2D eigenvalue weighted by molar-refractivity contribution is 5.23. The van der Waals surface area contributed by atoms with Gasteiger partial charge < -0.3 is 10.2 Å². The van der Waals surface area contributed by atoms with E-state index in [4.69, 9.17) is 5.11 Å². The third-order valence-electron chi connectivity index (χ3n) is 3.55. The largest absolute Gasteiger partial charge is 0.396 e. The number of piperidine rings is 1. The fourth-order valence-corrected chi connectivity index (χ4v) is 2.56. The van der Waals surface area contributed by atoms with Crippen molar-refractivity contribution < 1.29 is 14.6 Å². The van der Waals surface area contributed by atoms with Crippen LogP contribution in [0, 0.1) is 18.7 Å². The van der Waals surface area contributed by atoms with Crippen molar-refractivity contribution in [2.45, 2.75) is 26.0 Å². The Morgan fingerprint density at radius 1 is 1.39 bits per heavy atom. The van der Waals surface area contributed by atoms with E-state index < -0.39 is 6.10 Å². The van der Waals surface area contributed by atoms with Crippen molar-refractivity contribution in [2.75, 3.05) is 19.7 Å². The molecule has 4 heteroatoms. The highest BCUT2D eigenvalue weighted by Crippen LogP contribution is 2.19. The van der Waals surface area contributed by atoms with Crippen LogP contribution in [0.25, 0.3) is 0 Å². The Morgan fingerprint density at radius 2 is 2.17 bits per heavy atom. The molecular weight excluding hydrogens is 233 g/mol. The van der Waals surface area contributed by atoms with Crippen LogP contribution < -0.4 is 0 Å². The standard InChI is InChI=1S/C14H20FNO2/c1-10-4-11(6-13(15)5-10)7-16-3-2-12(9-17)14(18)8-16/h4-6,12,14,17-18H,2-3,7-9H2,1H3/t12-,14-/m1/s1. The van der Waals surface area contributed by atoms with E-state index in [1.54, 1.807) is 0 Å². The molecule has 100 valence electrons. The molecule has 3 nitrogen and oxygen atoms in total. The van der Waals surface area contributed by atoms with Gasteiger partial charge in [0.15, 0.2) is 0 Å². The number of hydrogen-bond donors (Lipinski definition) is 2. The zero-order chi connectivity index (χ0) is 13.1. The summed E-state index contributed by atoms with van der Waals surface area (Å²) >= 11 is 0. The van der Waals surface area contributed by atoms with Crippen LogP contribution in [0.2, 0.25) is 0 Å². The van der Waals surface area contributed by atoms with Crippen LogP contribution in [0.4, 0.5) is 4.39 Å². The molecule has 1 aliphatic rings. The van der Waals surface area contributed by atoms with Crippen LogP contribution in [0.3, 0.4) is 0 Å². The van der Waals surface area contributed by atoms with Gasteiger partial charge in [-0.2, -0.15) is 0 Å². The highest BCUT2D eigenvalue weighted by atomic mass is 19.1. The Hall–Kier alpha value is -0.970. The van der Waals surface area contributed by atoms with E-state index in [9.17, 15) is 9.50 Å². The minimum absolute atomic E-state index is 0.0181. The zero-order valence-electron chi connectivity index (χ0n) is 10.6. The quantitative estimate of drug-likeness (QED) is 0.853. The van der Waals surface area contributed by atoms with E-state index in [2.05, 4.69) is 4.90 Å². The second-order valence-electron chi connectivity index (χ2n) is 5.17. The fraction of sp³-hybridized carbons (Fsp3) is 0.571. The summed E-state index contributed by atoms with van der Waals surface area (Å²) in [7, 11) is 0. The van der Waals surface area contributed by atoms with Gasteiger partial charge in [-0.25, -0.2) is 4.39 Å². The molecule has 18 heavy (non-hydrogen) atoms. The first-order valence-electron chi connectivity index (χ1n) is 6.36. The number of halogens is 1. The molecule has 2 rings (SSSR count). The van der Waals surface area contributed by atoms with Crippen LogP contribution in [-0.4, -0.2) is 40.9 Å². The first-order valence-corrected chi connectivity index (χ1v) is 6.36. The number of β-amino-alcohol motifs (C(OH)–C–C–N with tert-alkyl or cyclic N) is 1. The van der Waals surface area contributed by atoms with Crippen LogP contribution in [0.1, 0.15) is 17.5 Å². The summed E-state index contributed by atoms with van der Waals surface area (Å²) in [5.41, 5.74) is 1.85. The average Bonchev–Trinajstić information content (AvgIpc) is 2.27. The van der Waals surface area contributed by atoms with E-state index in [0.29, 0.717) is 13.1 Å². The van der Waals surface area contributed by atoms with Crippen molar-refractivity contribution in [3.8, 4) is 0 Å². The summed E-state index contributed by atoms with van der Waals surface area (Å²) in [5, 5.41) is 18.9. The summed E-state index contributed by atoms with van der Waals surface area (Å²) in [6.45, 7) is 3.93. The third kappa shape index (κ3) is 3.28. The lowest BCUT2D eigenvalue weighted by molar-refractivity contribution is -0.00445. The van der Waals surface area contributed by atoms with Gasteiger partial charge in [0.05, 0.1) is 6.10 Å². The number of hydrogen-bond acceptors (Lipinski definition) is 3. The number of aliphatic hydroxyl groups is 2. The van der Waals surface area contributed by atoms with Gasteiger partial charge in [0, 0.05) is 25.6 Å². The molecule has 1 fully saturated rings. The van der Waals surface area contributed by atoms with Crippen molar-refractivity contribution in [1.29, 1.82) is 0 Å². The maximum atomic E-state index is 13.3. The number of aliphatic hydroxyl groups excluding tert-OH is 2. The fourth-order valence-electron chi connectivity index (χ4n) is 2.56. The first kappa shape index (κ1) is 13.5. The number of rotatable bonds is 3. The maximum absolute atomic E-state index is 13.3. The number of likely N-dealkylation sites (tertiary alicyclic amines) is 1. The van der Waals surface area contributed by atoms with Gasteiger partial charge in [0.1, 0.15) is 5.82 Å². The molecule has 1 heterocycles. The Morgan fingerprint density at radius 3 is 2.78 bits per heavy atom. The number of nitrogens with zero attached hydrogens (tertiary/aromatic N) is 1. The first-order chi connectivity index (χ1) is 8.58. The molecule has 0 radical (unpaired) electrons. The summed E-state index contributed by atoms with van der Waals surface area (Å²) in [5.74, 6) is -0.230. The van der Waals surface area contributed by atoms with E-state index in [1.807, 2.05) is 13.0 Å². The summed E-state index contributed by atoms with van der Waals surface area (Å²) in [6.07, 6.45) is 0.296. The Kier molecular flexibility index (Phi) is 4.32. The third-order valence-corrected chi connectivity index (χ3v) is 3.55. The van der Waals surface area contributed by atoms with Crippen molar-refractivity contribution >= 4 is 0 Å². The van der Waals surface area contributed by atoms with E-state index in [1.165, 1.54) is 12.1 Å². The average molecular weight is 253 g/mol. The molecule has 1 aromatic rings. The molecule has 0 saturated carbocycles. The molecule has 2 N–H and O–H groups in total. The van der Waals surface area contributed by atoms with Gasteiger partial charge in [-0.1, -0.05) is 6.07 Å². The smallest absolute Gasteiger partial charge is 0.123 e. The highest BCUT2D eigenvalue weighted by Gasteiger charge is 2.26. The molecule has 0 aliphatic carbocycles. The molecule has 1 aromatic carbocycles. The normalized spacial score (nSPS) is 25.3. The van der Waals surface area contributed by atoms with Crippen molar-refractivity contribution in [1.82, 2.24) is 4.90 Å². The Balaban J connectivity index is 1.98. The number of aryl methyl sites for hydroxylation is 1. The van der Waals surface area contributed by atoms with Gasteiger partial charge in [-0.15, -0.1) is 0 Å². The van der Waals surface area contributed by atoms with Gasteiger partial charge in [-0.3, -0.25) is 4.90 Å². The minimum atomic E-state index is -0.488. The lowest BCUT2D eigenvalue weighted by Gasteiger charge is -2.35. The molecule has 0 bridgehead atoms. The molecule has 0 amide bonds. The van der Waals surface area contributed by atoms with Crippen LogP contribution in [0.15, 0.2) is 18.2 Å². The molecule has 0 aromatic heterocycles. The lowest BCUT2D eigenvalue weighted by Crippen LogP contribution is -2.44. The Bertz CT molecular complexity index is 391. The summed E-state index contributed by atoms with van der Waals surface area (Å²) in [4.78, 5) is 2.10. The van der Waals surface area contributed by atoms with Crippen molar-refractivity contribution in [2.24, 2.45) is 5.92 Å². The SMILES string of the molecule is Cc1cc(F)cc(CN2CC[C@H](CO)[C@H](O)C2)c1. The van der Waals surface area contributed by atoms with Crippen molar-refractivity contribution in [3.63, 3.8) is 0 Å². The van der Waals surface area contributed by atoms with E-state index in [-0.39, 0.29) is 18.3 Å². The predicted molar refractivity (Wildman–Crippen MR) is 67.6 cm³/mol. The summed E-state index contributed by atoms with van der Waals surface area (Å²) in [6, 6.07) is 5.02. The second-order valence-corrected chi connectivity index (χ2v) is 5.17. The topological polar surface area (TPSA) is 43.7 Å². The van der Waals surface area contributed by atoms with Crippen LogP contribution >= 0.6 is 0 Å². The molecular formula is C14H20FNO2. The van der Waals surface area contributed by atoms with Gasteiger partial charge in [0.25, 0.3) is 0 Å². The number of benzene rings is 1. The van der Waals surface area contributed by atoms with E-state index in [0.717, 1.165) is 24.1 Å². The molecule has 1 aliphatic heterocycles. The van der Waals surface area contributed by atoms with Gasteiger partial charge in [-0.05, 0) is 43.1 Å².